The molecule has 26 heavy (non-hydrogen) atoms. The van der Waals surface area contributed by atoms with Crippen molar-refractivity contribution in [2.24, 2.45) is 0 Å². The monoisotopic (exact) mass is 346 g/mol. The van der Waals surface area contributed by atoms with E-state index in [1.807, 2.05) is 18.2 Å². The van der Waals surface area contributed by atoms with Crippen LogP contribution in [-0.4, -0.2) is 16.8 Å². The lowest BCUT2D eigenvalue weighted by atomic mass is 10.2. The van der Waals surface area contributed by atoms with Gasteiger partial charge in [-0.25, -0.2) is 0 Å². The Kier molecular flexibility index (Phi) is 5.24. The van der Waals surface area contributed by atoms with Crippen LogP contribution >= 0.6 is 0 Å². The van der Waals surface area contributed by atoms with E-state index in [9.17, 15) is 9.59 Å². The molecule has 3 rings (SSSR count). The number of nitrogens with two attached hydrogens (primary N) is 1. The maximum Gasteiger partial charge on any atom is 0.320 e. The average molecular weight is 346 g/mol. The van der Waals surface area contributed by atoms with E-state index in [1.54, 1.807) is 60.9 Å². The summed E-state index contributed by atoms with van der Waals surface area (Å²) in [6, 6.07) is 19.3. The molecule has 0 aliphatic rings. The summed E-state index contributed by atoms with van der Waals surface area (Å²) in [6.45, 7) is 0.247. The van der Waals surface area contributed by atoms with Gasteiger partial charge in [-0.2, -0.15) is 0 Å². The van der Waals surface area contributed by atoms with Crippen LogP contribution in [0.2, 0.25) is 0 Å². The second kappa shape index (κ2) is 7.94. The second-order valence-electron chi connectivity index (χ2n) is 5.61. The number of nitrogen functional groups attached to an aromatic ring is 1. The topological polar surface area (TPSA) is 88.3 Å². The van der Waals surface area contributed by atoms with Gasteiger partial charge in [-0.3, -0.25) is 19.5 Å². The molecule has 3 N–H and O–H groups in total. The van der Waals surface area contributed by atoms with Gasteiger partial charge in [0, 0.05) is 36.0 Å². The summed E-state index contributed by atoms with van der Waals surface area (Å²) in [4.78, 5) is 30.5. The van der Waals surface area contributed by atoms with Crippen LogP contribution in [-0.2, 0) is 16.1 Å². The van der Waals surface area contributed by atoms with E-state index < -0.39 is 11.8 Å². The molecular formula is C20H18N4O2. The van der Waals surface area contributed by atoms with Crippen molar-refractivity contribution in [1.29, 1.82) is 0 Å². The van der Waals surface area contributed by atoms with E-state index in [-0.39, 0.29) is 6.54 Å². The molecule has 0 fully saturated rings. The van der Waals surface area contributed by atoms with Gasteiger partial charge in [0.1, 0.15) is 0 Å². The fourth-order valence-electron chi connectivity index (χ4n) is 2.44. The Morgan fingerprint density at radius 2 is 1.50 bits per heavy atom. The molecule has 0 atom stereocenters. The van der Waals surface area contributed by atoms with E-state index in [2.05, 4.69) is 10.3 Å². The first kappa shape index (κ1) is 17.2. The first-order chi connectivity index (χ1) is 12.6. The normalized spacial score (nSPS) is 10.2. The van der Waals surface area contributed by atoms with Gasteiger partial charge in [0.15, 0.2) is 0 Å². The fraction of sp³-hybridized carbons (Fsp3) is 0.0500. The maximum absolute atomic E-state index is 12.8. The third-order valence-corrected chi connectivity index (χ3v) is 3.77. The van der Waals surface area contributed by atoms with Crippen LogP contribution in [0, 0.1) is 0 Å². The number of carbonyl (C=O) groups is 2. The summed E-state index contributed by atoms with van der Waals surface area (Å²) in [7, 11) is 0. The largest absolute Gasteiger partial charge is 0.399 e. The van der Waals surface area contributed by atoms with Gasteiger partial charge in [0.05, 0.1) is 0 Å². The summed E-state index contributed by atoms with van der Waals surface area (Å²) in [5.74, 6) is -1.36. The van der Waals surface area contributed by atoms with Gasteiger partial charge in [0.25, 0.3) is 0 Å². The highest BCUT2D eigenvalue weighted by Gasteiger charge is 2.24. The number of benzene rings is 2. The molecule has 0 bridgehead atoms. The van der Waals surface area contributed by atoms with Crippen LogP contribution in [0.4, 0.5) is 17.1 Å². The van der Waals surface area contributed by atoms with Crippen LogP contribution < -0.4 is 16.0 Å². The number of nitrogens with zero attached hydrogens (tertiary/aromatic N) is 2. The summed E-state index contributed by atoms with van der Waals surface area (Å²) in [5.41, 5.74) is 8.33. The molecular weight excluding hydrogens is 328 g/mol. The number of anilines is 3. The Morgan fingerprint density at radius 1 is 0.885 bits per heavy atom. The molecule has 1 heterocycles. The average Bonchev–Trinajstić information content (AvgIpc) is 2.69. The van der Waals surface area contributed by atoms with Gasteiger partial charge in [-0.1, -0.05) is 18.2 Å². The number of para-hydroxylation sites is 1. The number of carbonyl (C=O) groups excluding carboxylic acids is 2. The fourth-order valence-corrected chi connectivity index (χ4v) is 2.44. The Balaban J connectivity index is 1.82. The minimum Gasteiger partial charge on any atom is -0.399 e. The van der Waals surface area contributed by atoms with Gasteiger partial charge in [0.2, 0.25) is 0 Å². The molecule has 0 aliphatic heterocycles. The molecule has 0 spiro atoms. The summed E-state index contributed by atoms with van der Waals surface area (Å²) >= 11 is 0. The summed E-state index contributed by atoms with van der Waals surface area (Å²) in [6.07, 6.45) is 3.27. The van der Waals surface area contributed by atoms with Crippen molar-refractivity contribution in [3.63, 3.8) is 0 Å². The van der Waals surface area contributed by atoms with Crippen LogP contribution in [0.3, 0.4) is 0 Å². The molecule has 2 amide bonds. The number of hydrogen-bond acceptors (Lipinski definition) is 4. The van der Waals surface area contributed by atoms with Crippen molar-refractivity contribution >= 4 is 28.9 Å². The molecule has 2 aromatic carbocycles. The Labute approximate surface area is 151 Å². The molecule has 0 aliphatic carbocycles. The van der Waals surface area contributed by atoms with Crippen LogP contribution in [0.25, 0.3) is 0 Å². The molecule has 6 nitrogen and oxygen atoms in total. The van der Waals surface area contributed by atoms with Crippen molar-refractivity contribution in [1.82, 2.24) is 10.3 Å². The van der Waals surface area contributed by atoms with E-state index >= 15 is 0 Å². The predicted octanol–water partition coefficient (Wildman–Crippen LogP) is 2.64. The minimum atomic E-state index is -0.692. The minimum absolute atomic E-state index is 0.247. The zero-order valence-electron chi connectivity index (χ0n) is 14.0. The number of nitrogens with one attached hydrogen (secondary N) is 1. The number of hydrogen-bond donors (Lipinski definition) is 2. The first-order valence-electron chi connectivity index (χ1n) is 8.07. The van der Waals surface area contributed by atoms with Crippen molar-refractivity contribution < 1.29 is 9.59 Å². The molecule has 0 radical (unpaired) electrons. The molecule has 0 saturated heterocycles. The van der Waals surface area contributed by atoms with E-state index in [0.29, 0.717) is 17.1 Å². The number of rotatable bonds is 4. The Bertz CT molecular complexity index is 881. The smallest absolute Gasteiger partial charge is 0.320 e. The highest BCUT2D eigenvalue weighted by atomic mass is 16.2. The molecule has 0 saturated carbocycles. The van der Waals surface area contributed by atoms with Crippen molar-refractivity contribution in [2.75, 3.05) is 10.6 Å². The summed E-state index contributed by atoms with van der Waals surface area (Å²) in [5, 5.41) is 2.65. The van der Waals surface area contributed by atoms with Crippen LogP contribution in [0.5, 0.6) is 0 Å². The molecule has 0 unspecified atom stereocenters. The van der Waals surface area contributed by atoms with Gasteiger partial charge in [-0.15, -0.1) is 0 Å². The second-order valence-corrected chi connectivity index (χ2v) is 5.61. The third-order valence-electron chi connectivity index (χ3n) is 3.77. The van der Waals surface area contributed by atoms with Crippen LogP contribution in [0.1, 0.15) is 5.56 Å². The third kappa shape index (κ3) is 4.05. The van der Waals surface area contributed by atoms with Crippen molar-refractivity contribution in [2.45, 2.75) is 6.54 Å². The lowest BCUT2D eigenvalue weighted by molar-refractivity contribution is -0.137. The SMILES string of the molecule is Nc1ccc(N(C(=O)C(=O)NCc2ccncc2)c2ccccc2)cc1. The van der Waals surface area contributed by atoms with Crippen LogP contribution in [0.15, 0.2) is 79.1 Å². The number of pyridine rings is 1. The quantitative estimate of drug-likeness (QED) is 0.561. The van der Waals surface area contributed by atoms with E-state index in [4.69, 9.17) is 5.73 Å². The lowest BCUT2D eigenvalue weighted by Gasteiger charge is -2.22. The van der Waals surface area contributed by atoms with E-state index in [1.165, 1.54) is 4.90 Å². The zero-order chi connectivity index (χ0) is 18.4. The van der Waals surface area contributed by atoms with Crippen molar-refractivity contribution in [3.8, 4) is 0 Å². The molecule has 1 aromatic heterocycles. The van der Waals surface area contributed by atoms with Gasteiger partial charge >= 0.3 is 11.8 Å². The lowest BCUT2D eigenvalue weighted by Crippen LogP contribution is -2.40. The first-order valence-corrected chi connectivity index (χ1v) is 8.07. The highest BCUT2D eigenvalue weighted by molar-refractivity contribution is 6.42. The molecule has 6 heteroatoms. The molecule has 130 valence electrons. The van der Waals surface area contributed by atoms with Gasteiger partial charge in [-0.05, 0) is 54.1 Å². The number of amides is 2. The Hall–Kier alpha value is -3.67. The maximum atomic E-state index is 12.8. The molecule has 3 aromatic rings. The highest BCUT2D eigenvalue weighted by Crippen LogP contribution is 2.26. The standard InChI is InChI=1S/C20H18N4O2/c21-16-6-8-18(9-7-16)24(17-4-2-1-3-5-17)20(26)19(25)23-14-15-10-12-22-13-11-15/h1-13H,14,21H2,(H,23,25). The van der Waals surface area contributed by atoms with Crippen molar-refractivity contribution in [3.05, 3.63) is 84.7 Å². The van der Waals surface area contributed by atoms with Gasteiger partial charge < -0.3 is 11.1 Å². The predicted molar refractivity (Wildman–Crippen MR) is 101 cm³/mol. The summed E-state index contributed by atoms with van der Waals surface area (Å²) < 4.78 is 0. The van der Waals surface area contributed by atoms with E-state index in [0.717, 1.165) is 5.56 Å². The Morgan fingerprint density at radius 3 is 2.15 bits per heavy atom. The number of aromatic nitrogens is 1. The zero-order valence-corrected chi connectivity index (χ0v) is 14.0.